The number of rotatable bonds is 8. The van der Waals surface area contributed by atoms with Crippen LogP contribution in [0, 0.1) is 5.92 Å². The van der Waals surface area contributed by atoms with Gasteiger partial charge in [-0.2, -0.15) is 0 Å². The van der Waals surface area contributed by atoms with E-state index < -0.39 is 5.92 Å². The smallest absolute Gasteiger partial charge is 0.227 e. The van der Waals surface area contributed by atoms with Gasteiger partial charge < -0.3 is 25.3 Å². The number of carbonyl (C=O) groups excluding carboxylic acids is 3. The van der Waals surface area contributed by atoms with Crippen molar-refractivity contribution in [3.05, 3.63) is 60.3 Å². The molecule has 2 heterocycles. The number of nitrogens with one attached hydrogen (secondary N) is 3. The van der Waals surface area contributed by atoms with Gasteiger partial charge in [-0.05, 0) is 23.8 Å². The molecule has 3 aromatic rings. The van der Waals surface area contributed by atoms with E-state index >= 15 is 0 Å². The Labute approximate surface area is 185 Å². The van der Waals surface area contributed by atoms with Crippen molar-refractivity contribution in [2.45, 2.75) is 12.8 Å². The number of fused-ring (bicyclic) bond motifs is 1. The zero-order valence-corrected chi connectivity index (χ0v) is 17.9. The summed E-state index contributed by atoms with van der Waals surface area (Å²) in [5, 5.41) is 6.68. The normalized spacial score (nSPS) is 15.7. The van der Waals surface area contributed by atoms with E-state index in [0.29, 0.717) is 31.1 Å². The van der Waals surface area contributed by atoms with Gasteiger partial charge >= 0.3 is 0 Å². The van der Waals surface area contributed by atoms with Crippen LogP contribution in [0.4, 0.5) is 5.69 Å². The molecule has 32 heavy (non-hydrogen) atoms. The van der Waals surface area contributed by atoms with Crippen LogP contribution in [0.2, 0.25) is 0 Å². The minimum atomic E-state index is -0.421. The van der Waals surface area contributed by atoms with Crippen LogP contribution in [0.5, 0.6) is 5.75 Å². The van der Waals surface area contributed by atoms with Gasteiger partial charge in [0.05, 0.1) is 19.4 Å². The molecule has 166 valence electrons. The molecule has 3 amide bonds. The molecule has 0 aliphatic carbocycles. The maximum absolute atomic E-state index is 12.5. The highest BCUT2D eigenvalue weighted by Gasteiger charge is 2.35. The molecule has 1 saturated heterocycles. The molecule has 0 radical (unpaired) electrons. The number of carbonyl (C=O) groups is 3. The maximum Gasteiger partial charge on any atom is 0.227 e. The van der Waals surface area contributed by atoms with Gasteiger partial charge in [-0.15, -0.1) is 0 Å². The molecular formula is C24H26N4O4. The Bertz CT molecular complexity index is 1140. The zero-order valence-electron chi connectivity index (χ0n) is 17.9. The third-order valence-corrected chi connectivity index (χ3v) is 5.63. The summed E-state index contributed by atoms with van der Waals surface area (Å²) in [5.41, 5.74) is 2.65. The van der Waals surface area contributed by atoms with E-state index in [1.165, 1.54) is 0 Å². The Kier molecular flexibility index (Phi) is 6.39. The van der Waals surface area contributed by atoms with Gasteiger partial charge in [-0.3, -0.25) is 14.4 Å². The highest BCUT2D eigenvalue weighted by atomic mass is 16.5. The van der Waals surface area contributed by atoms with E-state index in [-0.39, 0.29) is 30.6 Å². The lowest BCUT2D eigenvalue weighted by Gasteiger charge is -2.17. The van der Waals surface area contributed by atoms with Crippen LogP contribution in [0.25, 0.3) is 10.9 Å². The van der Waals surface area contributed by atoms with Crippen LogP contribution in [0.1, 0.15) is 12.0 Å². The summed E-state index contributed by atoms with van der Waals surface area (Å²) in [6.45, 7) is 0.959. The van der Waals surface area contributed by atoms with Gasteiger partial charge in [0.15, 0.2) is 0 Å². The number of benzene rings is 2. The predicted molar refractivity (Wildman–Crippen MR) is 121 cm³/mol. The lowest BCUT2D eigenvalue weighted by atomic mass is 10.1. The predicted octanol–water partition coefficient (Wildman–Crippen LogP) is 2.00. The summed E-state index contributed by atoms with van der Waals surface area (Å²) in [6.07, 6.45) is 2.28. The van der Waals surface area contributed by atoms with Crippen molar-refractivity contribution in [2.24, 2.45) is 5.92 Å². The number of aromatic nitrogens is 1. The third-order valence-electron chi connectivity index (χ3n) is 5.63. The van der Waals surface area contributed by atoms with Crippen LogP contribution >= 0.6 is 0 Å². The summed E-state index contributed by atoms with van der Waals surface area (Å²) in [5.74, 6) is -0.147. The molecule has 0 spiro atoms. The fraction of sp³-hybridized carbons (Fsp3) is 0.292. The number of aromatic amines is 1. The molecule has 0 saturated carbocycles. The molecule has 1 fully saturated rings. The molecule has 1 aromatic heterocycles. The summed E-state index contributed by atoms with van der Waals surface area (Å²) in [6, 6.07) is 15.1. The van der Waals surface area contributed by atoms with Crippen molar-refractivity contribution >= 4 is 34.3 Å². The van der Waals surface area contributed by atoms with E-state index in [1.54, 1.807) is 24.1 Å². The fourth-order valence-electron chi connectivity index (χ4n) is 3.96. The number of H-pyrrole nitrogens is 1. The van der Waals surface area contributed by atoms with Gasteiger partial charge in [0, 0.05) is 54.9 Å². The van der Waals surface area contributed by atoms with Crippen LogP contribution in [0.3, 0.4) is 0 Å². The molecular weight excluding hydrogens is 408 g/mol. The highest BCUT2D eigenvalue weighted by molar-refractivity contribution is 6.00. The summed E-state index contributed by atoms with van der Waals surface area (Å²) < 4.78 is 5.21. The second-order valence-corrected chi connectivity index (χ2v) is 7.78. The first-order valence-electron chi connectivity index (χ1n) is 10.6. The van der Waals surface area contributed by atoms with Crippen LogP contribution in [0.15, 0.2) is 54.7 Å². The molecule has 0 bridgehead atoms. The average Bonchev–Trinajstić information content (AvgIpc) is 3.40. The quantitative estimate of drug-likeness (QED) is 0.472. The standard InChI is InChI=1S/C24H26N4O4/c1-32-19-6-4-5-18(13-19)28-15-17(12-23(28)30)24(31)26-10-9-25-22(29)11-16-14-27-21-8-3-2-7-20(16)21/h2-8,13-14,17,27H,9-12,15H2,1H3,(H,25,29)(H,26,31)/t17-/m0/s1. The summed E-state index contributed by atoms with van der Waals surface area (Å²) in [7, 11) is 1.57. The summed E-state index contributed by atoms with van der Waals surface area (Å²) in [4.78, 5) is 41.9. The first kappa shape index (κ1) is 21.4. The molecule has 1 aliphatic rings. The minimum absolute atomic E-state index is 0.0922. The Morgan fingerprint density at radius 3 is 2.78 bits per heavy atom. The molecule has 4 rings (SSSR count). The Hall–Kier alpha value is -3.81. The zero-order chi connectivity index (χ0) is 22.5. The number of hydrogen-bond acceptors (Lipinski definition) is 4. The van der Waals surface area contributed by atoms with Gasteiger partial charge in [0.1, 0.15) is 5.75 Å². The topological polar surface area (TPSA) is 104 Å². The number of hydrogen-bond donors (Lipinski definition) is 3. The molecule has 2 aromatic carbocycles. The van der Waals surface area contributed by atoms with Crippen molar-refractivity contribution in [1.82, 2.24) is 15.6 Å². The largest absolute Gasteiger partial charge is 0.497 e. The molecule has 8 nitrogen and oxygen atoms in total. The second kappa shape index (κ2) is 9.55. The highest BCUT2D eigenvalue weighted by Crippen LogP contribution is 2.28. The Morgan fingerprint density at radius 2 is 1.94 bits per heavy atom. The third kappa shape index (κ3) is 4.74. The lowest BCUT2D eigenvalue weighted by Crippen LogP contribution is -2.38. The van der Waals surface area contributed by atoms with Crippen LogP contribution in [-0.2, 0) is 20.8 Å². The van der Waals surface area contributed by atoms with E-state index in [9.17, 15) is 14.4 Å². The fourth-order valence-corrected chi connectivity index (χ4v) is 3.96. The van der Waals surface area contributed by atoms with Crippen molar-refractivity contribution < 1.29 is 19.1 Å². The molecule has 8 heteroatoms. The van der Waals surface area contributed by atoms with E-state index in [0.717, 1.165) is 16.5 Å². The summed E-state index contributed by atoms with van der Waals surface area (Å²) >= 11 is 0. The van der Waals surface area contributed by atoms with Gasteiger partial charge in [-0.25, -0.2) is 0 Å². The van der Waals surface area contributed by atoms with E-state index in [1.807, 2.05) is 42.6 Å². The average molecular weight is 434 g/mol. The number of amides is 3. The van der Waals surface area contributed by atoms with E-state index in [2.05, 4.69) is 15.6 Å². The molecule has 1 atom stereocenters. The number of anilines is 1. The second-order valence-electron chi connectivity index (χ2n) is 7.78. The number of para-hydroxylation sites is 1. The Balaban J connectivity index is 1.22. The van der Waals surface area contributed by atoms with Crippen molar-refractivity contribution in [2.75, 3.05) is 31.6 Å². The molecule has 3 N–H and O–H groups in total. The van der Waals surface area contributed by atoms with Crippen molar-refractivity contribution in [1.29, 1.82) is 0 Å². The number of nitrogens with zero attached hydrogens (tertiary/aromatic N) is 1. The lowest BCUT2D eigenvalue weighted by molar-refractivity contribution is -0.126. The Morgan fingerprint density at radius 1 is 1.12 bits per heavy atom. The van der Waals surface area contributed by atoms with Crippen LogP contribution < -0.4 is 20.3 Å². The monoisotopic (exact) mass is 434 g/mol. The molecule has 1 aliphatic heterocycles. The maximum atomic E-state index is 12.5. The molecule has 0 unspecified atom stereocenters. The van der Waals surface area contributed by atoms with Crippen molar-refractivity contribution in [3.8, 4) is 5.75 Å². The van der Waals surface area contributed by atoms with Crippen LogP contribution in [-0.4, -0.2) is 49.4 Å². The van der Waals surface area contributed by atoms with Gasteiger partial charge in [-0.1, -0.05) is 24.3 Å². The van der Waals surface area contributed by atoms with Gasteiger partial charge in [0.2, 0.25) is 17.7 Å². The minimum Gasteiger partial charge on any atom is -0.497 e. The van der Waals surface area contributed by atoms with Gasteiger partial charge in [0.25, 0.3) is 0 Å². The number of ether oxygens (including phenoxy) is 1. The first-order chi connectivity index (χ1) is 15.5. The SMILES string of the molecule is COc1cccc(N2C[C@@H](C(=O)NCCNC(=O)Cc3c[nH]c4ccccc34)CC2=O)c1. The van der Waals surface area contributed by atoms with Crippen molar-refractivity contribution in [3.63, 3.8) is 0 Å². The van der Waals surface area contributed by atoms with E-state index in [4.69, 9.17) is 4.74 Å². The number of methoxy groups -OCH3 is 1. The first-order valence-corrected chi connectivity index (χ1v) is 10.6.